The van der Waals surface area contributed by atoms with E-state index < -0.39 is 0 Å². The first-order valence-corrected chi connectivity index (χ1v) is 7.89. The summed E-state index contributed by atoms with van der Waals surface area (Å²) in [6.07, 6.45) is 3.58. The van der Waals surface area contributed by atoms with Crippen LogP contribution in [0.3, 0.4) is 0 Å². The summed E-state index contributed by atoms with van der Waals surface area (Å²) in [6, 6.07) is 8.09. The summed E-state index contributed by atoms with van der Waals surface area (Å²) in [4.78, 5) is 0. The third-order valence-electron chi connectivity index (χ3n) is 3.14. The van der Waals surface area contributed by atoms with Crippen molar-refractivity contribution in [2.75, 3.05) is 5.73 Å². The average Bonchev–Trinajstić information content (AvgIpc) is 3.15. The molecule has 3 rings (SSSR count). The van der Waals surface area contributed by atoms with E-state index in [1.165, 1.54) is 23.9 Å². The highest BCUT2D eigenvalue weighted by Gasteiger charge is 2.10. The van der Waals surface area contributed by atoms with Crippen LogP contribution >= 0.6 is 11.8 Å². The van der Waals surface area contributed by atoms with Crippen LogP contribution in [-0.2, 0) is 12.3 Å². The summed E-state index contributed by atoms with van der Waals surface area (Å²) in [5.74, 6) is 0.726. The van der Waals surface area contributed by atoms with Gasteiger partial charge in [-0.2, -0.15) is 5.10 Å². The van der Waals surface area contributed by atoms with Crippen LogP contribution in [0.25, 0.3) is 5.69 Å². The second-order valence-corrected chi connectivity index (χ2v) is 5.70. The summed E-state index contributed by atoms with van der Waals surface area (Å²) < 4.78 is 16.4. The molecule has 0 bridgehead atoms. The van der Waals surface area contributed by atoms with Crippen molar-refractivity contribution < 1.29 is 4.39 Å². The predicted molar refractivity (Wildman–Crippen MR) is 87.7 cm³/mol. The largest absolute Gasteiger partial charge is 0.368 e. The van der Waals surface area contributed by atoms with Gasteiger partial charge in [-0.15, -0.1) is 16.8 Å². The molecular formula is C15H15FN6S. The van der Waals surface area contributed by atoms with E-state index in [4.69, 9.17) is 5.73 Å². The van der Waals surface area contributed by atoms with Crippen LogP contribution in [0.15, 0.2) is 54.3 Å². The number of nitrogen functional groups attached to an aromatic ring is 1. The summed E-state index contributed by atoms with van der Waals surface area (Å²) in [6.45, 7) is 4.26. The van der Waals surface area contributed by atoms with Gasteiger partial charge in [0.25, 0.3) is 0 Å². The Morgan fingerprint density at radius 1 is 1.22 bits per heavy atom. The van der Waals surface area contributed by atoms with E-state index >= 15 is 0 Å². The monoisotopic (exact) mass is 330 g/mol. The zero-order valence-corrected chi connectivity index (χ0v) is 13.1. The van der Waals surface area contributed by atoms with Crippen molar-refractivity contribution in [3.05, 3.63) is 60.7 Å². The van der Waals surface area contributed by atoms with Crippen LogP contribution in [0.1, 0.15) is 5.69 Å². The standard InChI is InChI=1S/C15H15FN6S/c1-2-8-21-14(17)18-19-15(21)23-10-12-7-9-22(20-12)13-5-3-11(16)4-6-13/h2-7,9H,1,8,10H2,(H2,17,18). The molecule has 1 aromatic carbocycles. The maximum absolute atomic E-state index is 13.0. The van der Waals surface area contributed by atoms with Gasteiger partial charge in [0.05, 0.1) is 11.4 Å². The molecule has 2 N–H and O–H groups in total. The first-order valence-electron chi connectivity index (χ1n) is 6.90. The molecule has 0 unspecified atom stereocenters. The smallest absolute Gasteiger partial charge is 0.222 e. The van der Waals surface area contributed by atoms with Crippen LogP contribution < -0.4 is 5.73 Å². The van der Waals surface area contributed by atoms with Crippen molar-refractivity contribution in [3.63, 3.8) is 0 Å². The number of hydrogen-bond donors (Lipinski definition) is 1. The number of thioether (sulfide) groups is 1. The lowest BCUT2D eigenvalue weighted by Gasteiger charge is -2.03. The van der Waals surface area contributed by atoms with Gasteiger partial charge in [-0.1, -0.05) is 17.8 Å². The van der Waals surface area contributed by atoms with Gasteiger partial charge >= 0.3 is 0 Å². The number of benzene rings is 1. The molecular weight excluding hydrogens is 315 g/mol. The van der Waals surface area contributed by atoms with E-state index in [0.29, 0.717) is 18.2 Å². The Labute approximate surface area is 136 Å². The number of nitrogens with two attached hydrogens (primary N) is 1. The summed E-state index contributed by atoms with van der Waals surface area (Å²) in [5.41, 5.74) is 7.45. The minimum Gasteiger partial charge on any atom is -0.368 e. The third-order valence-corrected chi connectivity index (χ3v) is 4.14. The van der Waals surface area contributed by atoms with Gasteiger partial charge in [0.15, 0.2) is 5.16 Å². The van der Waals surface area contributed by atoms with Crippen molar-refractivity contribution in [2.45, 2.75) is 17.5 Å². The number of halogens is 1. The molecule has 23 heavy (non-hydrogen) atoms. The number of nitrogens with zero attached hydrogens (tertiary/aromatic N) is 5. The Balaban J connectivity index is 1.70. The van der Waals surface area contributed by atoms with Gasteiger partial charge < -0.3 is 5.73 Å². The molecule has 0 aliphatic heterocycles. The number of anilines is 1. The Bertz CT molecular complexity index is 808. The maximum Gasteiger partial charge on any atom is 0.222 e. The van der Waals surface area contributed by atoms with E-state index in [0.717, 1.165) is 16.5 Å². The van der Waals surface area contributed by atoms with Gasteiger partial charge in [0.2, 0.25) is 5.95 Å². The van der Waals surface area contributed by atoms with E-state index in [1.54, 1.807) is 27.5 Å². The first kappa shape index (κ1) is 15.3. The first-order chi connectivity index (χ1) is 11.2. The van der Waals surface area contributed by atoms with Crippen molar-refractivity contribution in [2.24, 2.45) is 0 Å². The van der Waals surface area contributed by atoms with E-state index in [-0.39, 0.29) is 5.82 Å². The van der Waals surface area contributed by atoms with E-state index in [2.05, 4.69) is 21.9 Å². The normalized spacial score (nSPS) is 10.8. The molecule has 0 aliphatic rings. The molecule has 0 saturated heterocycles. The van der Waals surface area contributed by atoms with Gasteiger partial charge in [-0.25, -0.2) is 9.07 Å². The van der Waals surface area contributed by atoms with Gasteiger partial charge in [-0.3, -0.25) is 4.57 Å². The van der Waals surface area contributed by atoms with Crippen LogP contribution in [0.2, 0.25) is 0 Å². The molecule has 2 heterocycles. The van der Waals surface area contributed by atoms with Crippen molar-refractivity contribution in [1.82, 2.24) is 24.5 Å². The quantitative estimate of drug-likeness (QED) is 0.555. The average molecular weight is 330 g/mol. The fourth-order valence-corrected chi connectivity index (χ4v) is 2.88. The molecule has 0 saturated carbocycles. The topological polar surface area (TPSA) is 74.6 Å². The SMILES string of the molecule is C=CCn1c(N)nnc1SCc1ccn(-c2ccc(F)cc2)n1. The highest BCUT2D eigenvalue weighted by Crippen LogP contribution is 2.22. The third kappa shape index (κ3) is 3.42. The Morgan fingerprint density at radius 2 is 2.00 bits per heavy atom. The number of aromatic nitrogens is 5. The molecule has 0 fully saturated rings. The molecule has 3 aromatic rings. The molecule has 6 nitrogen and oxygen atoms in total. The van der Waals surface area contributed by atoms with Crippen LogP contribution in [0.4, 0.5) is 10.3 Å². The number of hydrogen-bond acceptors (Lipinski definition) is 5. The van der Waals surface area contributed by atoms with Crippen molar-refractivity contribution in [3.8, 4) is 5.69 Å². The van der Waals surface area contributed by atoms with E-state index in [9.17, 15) is 4.39 Å². The molecule has 0 atom stereocenters. The highest BCUT2D eigenvalue weighted by molar-refractivity contribution is 7.98. The van der Waals surface area contributed by atoms with Gasteiger partial charge in [0.1, 0.15) is 5.82 Å². The van der Waals surface area contributed by atoms with Gasteiger partial charge in [-0.05, 0) is 30.3 Å². The molecule has 2 aromatic heterocycles. The fraction of sp³-hybridized carbons (Fsp3) is 0.133. The van der Waals surface area contributed by atoms with Crippen LogP contribution in [0, 0.1) is 5.82 Å². The van der Waals surface area contributed by atoms with Crippen LogP contribution in [0.5, 0.6) is 0 Å². The minimum absolute atomic E-state index is 0.268. The second kappa shape index (κ2) is 6.66. The predicted octanol–water partition coefficient (Wildman–Crippen LogP) is 2.66. The zero-order chi connectivity index (χ0) is 16.2. The Morgan fingerprint density at radius 3 is 2.74 bits per heavy atom. The molecule has 118 valence electrons. The molecule has 0 amide bonds. The maximum atomic E-state index is 13.0. The summed E-state index contributed by atoms with van der Waals surface area (Å²) >= 11 is 1.50. The molecule has 0 radical (unpaired) electrons. The lowest BCUT2D eigenvalue weighted by atomic mass is 10.3. The van der Waals surface area contributed by atoms with Crippen molar-refractivity contribution in [1.29, 1.82) is 0 Å². The van der Waals surface area contributed by atoms with Gasteiger partial charge in [0, 0.05) is 18.5 Å². The summed E-state index contributed by atoms with van der Waals surface area (Å²) in [7, 11) is 0. The molecule has 8 heteroatoms. The lowest BCUT2D eigenvalue weighted by Crippen LogP contribution is -2.03. The second-order valence-electron chi connectivity index (χ2n) is 4.76. The zero-order valence-electron chi connectivity index (χ0n) is 12.3. The van der Waals surface area contributed by atoms with Crippen LogP contribution in [-0.4, -0.2) is 24.5 Å². The number of allylic oxidation sites excluding steroid dienone is 1. The Hall–Kier alpha value is -2.61. The Kier molecular flexibility index (Phi) is 4.42. The number of rotatable bonds is 6. The molecule has 0 aliphatic carbocycles. The van der Waals surface area contributed by atoms with E-state index in [1.807, 2.05) is 12.3 Å². The van der Waals surface area contributed by atoms with Crippen molar-refractivity contribution >= 4 is 17.7 Å². The summed E-state index contributed by atoms with van der Waals surface area (Å²) in [5, 5.41) is 13.1. The molecule has 0 spiro atoms. The fourth-order valence-electron chi connectivity index (χ4n) is 2.02. The lowest BCUT2D eigenvalue weighted by molar-refractivity contribution is 0.627. The minimum atomic E-state index is -0.268. The highest BCUT2D eigenvalue weighted by atomic mass is 32.2.